The summed E-state index contributed by atoms with van der Waals surface area (Å²) in [5, 5.41) is 0. The largest absolute Gasteiger partial charge is 0.384 e. The van der Waals surface area contributed by atoms with Gasteiger partial charge in [0.1, 0.15) is 5.82 Å². The van der Waals surface area contributed by atoms with E-state index in [0.717, 1.165) is 18.6 Å². The standard InChI is InChI=1S/C10H16N2O/c1-3-9(13-4-2)8-5-6-10(11)12-7-8/h5-7,9H,3-4H2,1-2H3,(H2,11,12)/t9-/m0/s1. The lowest BCUT2D eigenvalue weighted by molar-refractivity contribution is 0.0596. The molecule has 1 rings (SSSR count). The molecule has 3 heteroatoms. The molecule has 0 aromatic carbocycles. The SMILES string of the molecule is CCO[C@@H](CC)c1ccc(N)nc1. The van der Waals surface area contributed by atoms with Crippen LogP contribution in [0, 0.1) is 0 Å². The van der Waals surface area contributed by atoms with E-state index in [-0.39, 0.29) is 6.10 Å². The maximum Gasteiger partial charge on any atom is 0.123 e. The van der Waals surface area contributed by atoms with Crippen LogP contribution >= 0.6 is 0 Å². The highest BCUT2D eigenvalue weighted by Crippen LogP contribution is 2.20. The lowest BCUT2D eigenvalue weighted by atomic mass is 10.1. The van der Waals surface area contributed by atoms with Gasteiger partial charge in [-0.05, 0) is 25.0 Å². The van der Waals surface area contributed by atoms with E-state index in [4.69, 9.17) is 10.5 Å². The quantitative estimate of drug-likeness (QED) is 0.772. The van der Waals surface area contributed by atoms with E-state index in [1.165, 1.54) is 0 Å². The Bertz CT molecular complexity index is 246. The molecule has 0 saturated heterocycles. The van der Waals surface area contributed by atoms with E-state index in [1.54, 1.807) is 12.3 Å². The van der Waals surface area contributed by atoms with Gasteiger partial charge in [0.05, 0.1) is 6.10 Å². The van der Waals surface area contributed by atoms with Gasteiger partial charge >= 0.3 is 0 Å². The van der Waals surface area contributed by atoms with Crippen molar-refractivity contribution in [2.24, 2.45) is 0 Å². The van der Waals surface area contributed by atoms with Crippen molar-refractivity contribution in [1.29, 1.82) is 0 Å². The molecule has 0 spiro atoms. The Morgan fingerprint density at radius 3 is 2.69 bits per heavy atom. The van der Waals surface area contributed by atoms with Gasteiger partial charge in [0.25, 0.3) is 0 Å². The second-order valence-corrected chi connectivity index (χ2v) is 2.87. The number of anilines is 1. The summed E-state index contributed by atoms with van der Waals surface area (Å²) in [5.74, 6) is 0.551. The van der Waals surface area contributed by atoms with Crippen LogP contribution < -0.4 is 5.73 Å². The number of hydrogen-bond acceptors (Lipinski definition) is 3. The monoisotopic (exact) mass is 180 g/mol. The first kappa shape index (κ1) is 9.99. The van der Waals surface area contributed by atoms with E-state index in [2.05, 4.69) is 11.9 Å². The highest BCUT2D eigenvalue weighted by molar-refractivity contribution is 5.30. The fourth-order valence-corrected chi connectivity index (χ4v) is 1.26. The molecule has 72 valence electrons. The second kappa shape index (κ2) is 4.82. The van der Waals surface area contributed by atoms with Crippen molar-refractivity contribution >= 4 is 5.82 Å². The fourth-order valence-electron chi connectivity index (χ4n) is 1.26. The van der Waals surface area contributed by atoms with Crippen molar-refractivity contribution in [2.45, 2.75) is 26.4 Å². The molecule has 0 aliphatic heterocycles. The van der Waals surface area contributed by atoms with E-state index in [0.29, 0.717) is 5.82 Å². The molecular weight excluding hydrogens is 164 g/mol. The molecule has 0 bridgehead atoms. The molecular formula is C10H16N2O. The van der Waals surface area contributed by atoms with Crippen LogP contribution in [0.5, 0.6) is 0 Å². The average molecular weight is 180 g/mol. The first-order valence-corrected chi connectivity index (χ1v) is 4.61. The van der Waals surface area contributed by atoms with Crippen molar-refractivity contribution < 1.29 is 4.74 Å². The summed E-state index contributed by atoms with van der Waals surface area (Å²) in [7, 11) is 0. The maximum atomic E-state index is 5.54. The molecule has 0 unspecified atom stereocenters. The van der Waals surface area contributed by atoms with Gasteiger partial charge < -0.3 is 10.5 Å². The summed E-state index contributed by atoms with van der Waals surface area (Å²) in [5.41, 5.74) is 6.59. The third-order valence-electron chi connectivity index (χ3n) is 1.92. The van der Waals surface area contributed by atoms with Gasteiger partial charge in [0, 0.05) is 12.8 Å². The Kier molecular flexibility index (Phi) is 3.71. The smallest absolute Gasteiger partial charge is 0.123 e. The summed E-state index contributed by atoms with van der Waals surface area (Å²) in [6, 6.07) is 3.77. The summed E-state index contributed by atoms with van der Waals surface area (Å²) in [6.45, 7) is 4.81. The van der Waals surface area contributed by atoms with E-state index in [1.807, 2.05) is 13.0 Å². The zero-order chi connectivity index (χ0) is 9.68. The van der Waals surface area contributed by atoms with Crippen LogP contribution in [0.2, 0.25) is 0 Å². The first-order chi connectivity index (χ1) is 6.27. The average Bonchev–Trinajstić information content (AvgIpc) is 2.16. The number of nitrogens with zero attached hydrogens (tertiary/aromatic N) is 1. The number of nitrogens with two attached hydrogens (primary N) is 1. The first-order valence-electron chi connectivity index (χ1n) is 4.61. The lowest BCUT2D eigenvalue weighted by Crippen LogP contribution is -2.03. The van der Waals surface area contributed by atoms with Gasteiger partial charge in [-0.3, -0.25) is 0 Å². The Labute approximate surface area is 78.9 Å². The molecule has 3 nitrogen and oxygen atoms in total. The number of nitrogen functional groups attached to an aromatic ring is 1. The van der Waals surface area contributed by atoms with Crippen molar-refractivity contribution in [2.75, 3.05) is 12.3 Å². The van der Waals surface area contributed by atoms with Crippen LogP contribution in [0.25, 0.3) is 0 Å². The molecule has 2 N–H and O–H groups in total. The van der Waals surface area contributed by atoms with E-state index < -0.39 is 0 Å². The number of pyridine rings is 1. The molecule has 1 atom stereocenters. The van der Waals surface area contributed by atoms with E-state index >= 15 is 0 Å². The highest BCUT2D eigenvalue weighted by Gasteiger charge is 2.08. The minimum Gasteiger partial charge on any atom is -0.384 e. The van der Waals surface area contributed by atoms with Crippen LogP contribution in [-0.4, -0.2) is 11.6 Å². The van der Waals surface area contributed by atoms with Crippen molar-refractivity contribution in [3.8, 4) is 0 Å². The Morgan fingerprint density at radius 1 is 1.46 bits per heavy atom. The molecule has 1 heterocycles. The molecule has 1 aromatic rings. The van der Waals surface area contributed by atoms with Crippen molar-refractivity contribution in [3.05, 3.63) is 23.9 Å². The highest BCUT2D eigenvalue weighted by atomic mass is 16.5. The molecule has 0 aliphatic rings. The Hall–Kier alpha value is -1.09. The van der Waals surface area contributed by atoms with Crippen LogP contribution in [0.3, 0.4) is 0 Å². The number of rotatable bonds is 4. The molecule has 0 fully saturated rings. The van der Waals surface area contributed by atoms with Gasteiger partial charge in [-0.25, -0.2) is 4.98 Å². The normalized spacial score (nSPS) is 12.8. The fraction of sp³-hybridized carbons (Fsp3) is 0.500. The molecule has 0 aliphatic carbocycles. The lowest BCUT2D eigenvalue weighted by Gasteiger charge is -2.14. The number of aromatic nitrogens is 1. The molecule has 13 heavy (non-hydrogen) atoms. The maximum absolute atomic E-state index is 5.54. The number of ether oxygens (including phenoxy) is 1. The minimum atomic E-state index is 0.151. The van der Waals surface area contributed by atoms with Gasteiger partial charge in [0.15, 0.2) is 0 Å². The third kappa shape index (κ3) is 2.70. The minimum absolute atomic E-state index is 0.151. The molecule has 0 saturated carbocycles. The summed E-state index contributed by atoms with van der Waals surface area (Å²) in [6.07, 6.45) is 2.89. The van der Waals surface area contributed by atoms with Gasteiger partial charge in [-0.2, -0.15) is 0 Å². The summed E-state index contributed by atoms with van der Waals surface area (Å²) < 4.78 is 5.54. The molecule has 0 radical (unpaired) electrons. The van der Waals surface area contributed by atoms with Gasteiger partial charge in [0.2, 0.25) is 0 Å². The summed E-state index contributed by atoms with van der Waals surface area (Å²) in [4.78, 5) is 4.03. The molecule has 0 amide bonds. The van der Waals surface area contributed by atoms with Crippen molar-refractivity contribution in [3.63, 3.8) is 0 Å². The Morgan fingerprint density at radius 2 is 2.23 bits per heavy atom. The zero-order valence-corrected chi connectivity index (χ0v) is 8.16. The van der Waals surface area contributed by atoms with Crippen LogP contribution in [0.4, 0.5) is 5.82 Å². The topological polar surface area (TPSA) is 48.1 Å². The van der Waals surface area contributed by atoms with Crippen LogP contribution in [0.1, 0.15) is 31.9 Å². The van der Waals surface area contributed by atoms with Crippen molar-refractivity contribution in [1.82, 2.24) is 4.98 Å². The van der Waals surface area contributed by atoms with Crippen LogP contribution in [-0.2, 0) is 4.74 Å². The summed E-state index contributed by atoms with van der Waals surface area (Å²) >= 11 is 0. The molecule has 1 aromatic heterocycles. The second-order valence-electron chi connectivity index (χ2n) is 2.87. The predicted molar refractivity (Wildman–Crippen MR) is 53.3 cm³/mol. The Balaban J connectivity index is 2.73. The number of hydrogen-bond donors (Lipinski definition) is 1. The van der Waals surface area contributed by atoms with Crippen LogP contribution in [0.15, 0.2) is 18.3 Å². The van der Waals surface area contributed by atoms with E-state index in [9.17, 15) is 0 Å². The third-order valence-corrected chi connectivity index (χ3v) is 1.92. The van der Waals surface area contributed by atoms with Gasteiger partial charge in [-0.1, -0.05) is 13.0 Å². The zero-order valence-electron chi connectivity index (χ0n) is 8.16. The predicted octanol–water partition coefficient (Wildman–Crippen LogP) is 2.15. The van der Waals surface area contributed by atoms with Gasteiger partial charge in [-0.15, -0.1) is 0 Å².